The molecule has 0 aliphatic rings. The Kier molecular flexibility index (Phi) is 3.77. The maximum absolute atomic E-state index is 9.30. The fraction of sp³-hybridized carbons (Fsp3) is 0.308. The van der Waals surface area contributed by atoms with Crippen molar-refractivity contribution >= 4 is 5.82 Å². The SMILES string of the molecule is CCN(Cc1ccco1)c1ncccc1CO. The topological polar surface area (TPSA) is 49.5 Å². The van der Waals surface area contributed by atoms with Gasteiger partial charge >= 0.3 is 0 Å². The number of hydrogen-bond donors (Lipinski definition) is 1. The fourth-order valence-corrected chi connectivity index (χ4v) is 1.77. The maximum atomic E-state index is 9.30. The van der Waals surface area contributed by atoms with Crippen LogP contribution in [0.25, 0.3) is 0 Å². The van der Waals surface area contributed by atoms with E-state index >= 15 is 0 Å². The van der Waals surface area contributed by atoms with E-state index in [9.17, 15) is 5.11 Å². The van der Waals surface area contributed by atoms with Crippen molar-refractivity contribution in [1.82, 2.24) is 4.98 Å². The van der Waals surface area contributed by atoms with Gasteiger partial charge < -0.3 is 14.4 Å². The molecule has 0 bridgehead atoms. The number of aliphatic hydroxyl groups is 1. The molecule has 0 saturated carbocycles. The minimum atomic E-state index is -0.00215. The Morgan fingerprint density at radius 2 is 2.24 bits per heavy atom. The van der Waals surface area contributed by atoms with E-state index in [-0.39, 0.29) is 6.61 Å². The molecule has 2 aromatic rings. The molecule has 0 atom stereocenters. The molecular weight excluding hydrogens is 216 g/mol. The zero-order chi connectivity index (χ0) is 12.1. The van der Waals surface area contributed by atoms with Gasteiger partial charge in [-0.05, 0) is 25.1 Å². The molecule has 2 heterocycles. The van der Waals surface area contributed by atoms with Crippen molar-refractivity contribution in [3.05, 3.63) is 48.0 Å². The van der Waals surface area contributed by atoms with Crippen LogP contribution in [0.15, 0.2) is 41.1 Å². The Labute approximate surface area is 101 Å². The highest BCUT2D eigenvalue weighted by Gasteiger charge is 2.11. The summed E-state index contributed by atoms with van der Waals surface area (Å²) in [6.07, 6.45) is 3.40. The second kappa shape index (κ2) is 5.50. The lowest BCUT2D eigenvalue weighted by atomic mass is 10.2. The Hall–Kier alpha value is -1.81. The van der Waals surface area contributed by atoms with Gasteiger partial charge in [0, 0.05) is 18.3 Å². The van der Waals surface area contributed by atoms with Gasteiger partial charge in [0.15, 0.2) is 0 Å². The predicted octanol–water partition coefficient (Wildman–Crippen LogP) is 2.19. The molecule has 17 heavy (non-hydrogen) atoms. The number of anilines is 1. The van der Waals surface area contributed by atoms with Gasteiger partial charge in [-0.2, -0.15) is 0 Å². The maximum Gasteiger partial charge on any atom is 0.134 e. The first kappa shape index (κ1) is 11.7. The Morgan fingerprint density at radius 3 is 2.88 bits per heavy atom. The molecule has 90 valence electrons. The number of nitrogens with zero attached hydrogens (tertiary/aromatic N) is 2. The molecule has 0 saturated heterocycles. The quantitative estimate of drug-likeness (QED) is 0.858. The highest BCUT2D eigenvalue weighted by Crippen LogP contribution is 2.19. The van der Waals surface area contributed by atoms with Gasteiger partial charge in [0.1, 0.15) is 11.6 Å². The number of furan rings is 1. The summed E-state index contributed by atoms with van der Waals surface area (Å²) in [5.74, 6) is 1.70. The molecule has 0 aromatic carbocycles. The molecule has 0 fully saturated rings. The Morgan fingerprint density at radius 1 is 1.35 bits per heavy atom. The van der Waals surface area contributed by atoms with E-state index < -0.39 is 0 Å². The molecule has 2 aromatic heterocycles. The Balaban J connectivity index is 2.22. The molecule has 0 aliphatic heterocycles. The summed E-state index contributed by atoms with van der Waals surface area (Å²) in [4.78, 5) is 6.40. The van der Waals surface area contributed by atoms with E-state index in [2.05, 4.69) is 16.8 Å². The molecule has 0 unspecified atom stereocenters. The third-order valence-corrected chi connectivity index (χ3v) is 2.65. The first-order valence-corrected chi connectivity index (χ1v) is 5.67. The summed E-state index contributed by atoms with van der Waals surface area (Å²) < 4.78 is 5.33. The van der Waals surface area contributed by atoms with Gasteiger partial charge in [0.25, 0.3) is 0 Å². The first-order valence-electron chi connectivity index (χ1n) is 5.67. The summed E-state index contributed by atoms with van der Waals surface area (Å²) >= 11 is 0. The fourth-order valence-electron chi connectivity index (χ4n) is 1.77. The van der Waals surface area contributed by atoms with Crippen LogP contribution in [-0.4, -0.2) is 16.6 Å². The van der Waals surface area contributed by atoms with E-state index in [1.54, 1.807) is 12.5 Å². The van der Waals surface area contributed by atoms with E-state index in [0.717, 1.165) is 23.7 Å². The normalized spacial score (nSPS) is 10.5. The van der Waals surface area contributed by atoms with E-state index in [0.29, 0.717) is 6.54 Å². The van der Waals surface area contributed by atoms with Crippen molar-refractivity contribution in [3.63, 3.8) is 0 Å². The molecule has 0 radical (unpaired) electrons. The zero-order valence-corrected chi connectivity index (χ0v) is 9.84. The monoisotopic (exact) mass is 232 g/mol. The highest BCUT2D eigenvalue weighted by molar-refractivity contribution is 5.46. The average Bonchev–Trinajstić information content (AvgIpc) is 2.89. The number of rotatable bonds is 5. The molecule has 0 aliphatic carbocycles. The van der Waals surface area contributed by atoms with Gasteiger partial charge in [-0.3, -0.25) is 0 Å². The van der Waals surface area contributed by atoms with E-state index in [1.165, 1.54) is 0 Å². The van der Waals surface area contributed by atoms with E-state index in [1.807, 2.05) is 24.3 Å². The number of pyridine rings is 1. The van der Waals surface area contributed by atoms with Gasteiger partial charge in [-0.15, -0.1) is 0 Å². The summed E-state index contributed by atoms with van der Waals surface area (Å²) in [7, 11) is 0. The van der Waals surface area contributed by atoms with Crippen LogP contribution in [0.5, 0.6) is 0 Å². The van der Waals surface area contributed by atoms with Gasteiger partial charge in [0.2, 0.25) is 0 Å². The van der Waals surface area contributed by atoms with Crippen LogP contribution in [0.4, 0.5) is 5.82 Å². The average molecular weight is 232 g/mol. The van der Waals surface area contributed by atoms with Crippen LogP contribution >= 0.6 is 0 Å². The molecular formula is C13H16N2O2. The van der Waals surface area contributed by atoms with Gasteiger partial charge in [-0.25, -0.2) is 4.98 Å². The van der Waals surface area contributed by atoms with Crippen LogP contribution in [0.3, 0.4) is 0 Å². The first-order chi connectivity index (χ1) is 8.35. The number of hydrogen-bond acceptors (Lipinski definition) is 4. The van der Waals surface area contributed by atoms with Gasteiger partial charge in [-0.1, -0.05) is 6.07 Å². The Bertz CT molecular complexity index is 454. The lowest BCUT2D eigenvalue weighted by Gasteiger charge is -2.22. The molecule has 0 spiro atoms. The van der Waals surface area contributed by atoms with Crippen LogP contribution in [0, 0.1) is 0 Å². The second-order valence-electron chi connectivity index (χ2n) is 3.74. The third kappa shape index (κ3) is 2.65. The summed E-state index contributed by atoms with van der Waals surface area (Å²) in [5.41, 5.74) is 0.834. The van der Waals surface area contributed by atoms with Crippen molar-refractivity contribution in [1.29, 1.82) is 0 Å². The van der Waals surface area contributed by atoms with E-state index in [4.69, 9.17) is 4.42 Å². The van der Waals surface area contributed by atoms with Crippen LogP contribution in [-0.2, 0) is 13.2 Å². The van der Waals surface area contributed by atoms with Crippen molar-refractivity contribution < 1.29 is 9.52 Å². The third-order valence-electron chi connectivity index (χ3n) is 2.65. The smallest absolute Gasteiger partial charge is 0.134 e. The van der Waals surface area contributed by atoms with Crippen molar-refractivity contribution in [3.8, 4) is 0 Å². The molecule has 4 nitrogen and oxygen atoms in total. The predicted molar refractivity (Wildman–Crippen MR) is 65.6 cm³/mol. The van der Waals surface area contributed by atoms with Crippen LogP contribution in [0.2, 0.25) is 0 Å². The summed E-state index contributed by atoms with van der Waals surface area (Å²) in [6.45, 7) is 3.52. The summed E-state index contributed by atoms with van der Waals surface area (Å²) in [6, 6.07) is 7.52. The second-order valence-corrected chi connectivity index (χ2v) is 3.74. The lowest BCUT2D eigenvalue weighted by Crippen LogP contribution is -2.24. The van der Waals surface area contributed by atoms with Crippen molar-refractivity contribution in [2.45, 2.75) is 20.1 Å². The standard InChI is InChI=1S/C13H16N2O2/c1-2-15(9-12-6-4-8-17-12)13-11(10-16)5-3-7-14-13/h3-8,16H,2,9-10H2,1H3. The molecule has 0 amide bonds. The largest absolute Gasteiger partial charge is 0.467 e. The lowest BCUT2D eigenvalue weighted by molar-refractivity contribution is 0.281. The van der Waals surface area contributed by atoms with Crippen molar-refractivity contribution in [2.24, 2.45) is 0 Å². The van der Waals surface area contributed by atoms with Crippen LogP contribution in [0.1, 0.15) is 18.2 Å². The zero-order valence-electron chi connectivity index (χ0n) is 9.84. The van der Waals surface area contributed by atoms with Gasteiger partial charge in [0.05, 0.1) is 19.4 Å². The number of aromatic nitrogens is 1. The number of aliphatic hydroxyl groups excluding tert-OH is 1. The molecule has 2 rings (SSSR count). The highest BCUT2D eigenvalue weighted by atomic mass is 16.3. The molecule has 1 N–H and O–H groups in total. The molecule has 4 heteroatoms. The minimum absolute atomic E-state index is 0.00215. The van der Waals surface area contributed by atoms with Crippen LogP contribution < -0.4 is 4.90 Å². The minimum Gasteiger partial charge on any atom is -0.467 e. The van der Waals surface area contributed by atoms with Crippen molar-refractivity contribution in [2.75, 3.05) is 11.4 Å². The summed E-state index contributed by atoms with van der Waals surface area (Å²) in [5, 5.41) is 9.30.